The molecular weight excluding hydrogens is 317 g/mol. The number of aryl methyl sites for hydroxylation is 1. The van der Waals surface area contributed by atoms with Crippen LogP contribution in [0.15, 0.2) is 22.6 Å². The lowest BCUT2D eigenvalue weighted by Gasteiger charge is -2.22. The minimum atomic E-state index is -0.305. The molecule has 8 heteroatoms. The van der Waals surface area contributed by atoms with Gasteiger partial charge in [0.15, 0.2) is 11.5 Å². The van der Waals surface area contributed by atoms with Crippen molar-refractivity contribution in [1.82, 2.24) is 10.3 Å². The van der Waals surface area contributed by atoms with Crippen molar-refractivity contribution in [3.05, 3.63) is 24.1 Å². The Morgan fingerprint density at radius 3 is 2.95 bits per heavy atom. The molecule has 116 valence electrons. The summed E-state index contributed by atoms with van der Waals surface area (Å²) in [6, 6.07) is 5.11. The highest BCUT2D eigenvalue weighted by Crippen LogP contribution is 2.20. The number of amides is 1. The van der Waals surface area contributed by atoms with Crippen molar-refractivity contribution < 1.29 is 13.9 Å². The Hall–Kier alpha value is -1.34. The molecule has 1 fully saturated rings. The van der Waals surface area contributed by atoms with Crippen LogP contribution in [0, 0.1) is 6.92 Å². The molecule has 2 aromatic rings. The van der Waals surface area contributed by atoms with E-state index in [1.807, 2.05) is 12.1 Å². The lowest BCUT2D eigenvalue weighted by atomic mass is 10.2. The number of fused-ring (bicyclic) bond motifs is 1. The van der Waals surface area contributed by atoms with Gasteiger partial charge in [0.25, 0.3) is 0 Å². The molecule has 0 spiro atoms. The van der Waals surface area contributed by atoms with Gasteiger partial charge >= 0.3 is 0 Å². The zero-order valence-corrected chi connectivity index (χ0v) is 13.1. The van der Waals surface area contributed by atoms with E-state index >= 15 is 0 Å². The number of carbonyl (C=O) groups is 1. The molecule has 1 atom stereocenters. The Morgan fingerprint density at radius 2 is 2.24 bits per heavy atom. The van der Waals surface area contributed by atoms with Gasteiger partial charge in [-0.05, 0) is 12.1 Å². The zero-order valence-electron chi connectivity index (χ0n) is 11.4. The lowest BCUT2D eigenvalue weighted by Crippen LogP contribution is -2.48. The first-order chi connectivity index (χ1) is 9.22. The fourth-order valence-electron chi connectivity index (χ4n) is 2.08. The maximum Gasteiger partial charge on any atom is 0.243 e. The number of carbonyl (C=O) groups excluding carboxylic acids is 1. The summed E-state index contributed by atoms with van der Waals surface area (Å²) in [6.07, 6.45) is 0. The van der Waals surface area contributed by atoms with Gasteiger partial charge in [0.1, 0.15) is 11.6 Å². The summed E-state index contributed by atoms with van der Waals surface area (Å²) < 4.78 is 10.7. The third-order valence-electron chi connectivity index (χ3n) is 3.00. The van der Waals surface area contributed by atoms with Crippen molar-refractivity contribution in [3.8, 4) is 0 Å². The second-order valence-electron chi connectivity index (χ2n) is 4.49. The molecule has 1 unspecified atom stereocenters. The summed E-state index contributed by atoms with van der Waals surface area (Å²) in [7, 11) is 0. The van der Waals surface area contributed by atoms with Crippen LogP contribution in [0.5, 0.6) is 0 Å². The van der Waals surface area contributed by atoms with Gasteiger partial charge in [-0.3, -0.25) is 4.79 Å². The normalized spacial score (nSPS) is 17.7. The Kier molecular flexibility index (Phi) is 6.42. The molecule has 0 bridgehead atoms. The fourth-order valence-corrected chi connectivity index (χ4v) is 2.08. The Balaban J connectivity index is 0.00000110. The first kappa shape index (κ1) is 17.7. The maximum absolute atomic E-state index is 12.0. The summed E-state index contributed by atoms with van der Waals surface area (Å²) >= 11 is 0. The number of rotatable bonds is 2. The van der Waals surface area contributed by atoms with Crippen molar-refractivity contribution in [2.24, 2.45) is 0 Å². The van der Waals surface area contributed by atoms with Gasteiger partial charge in [-0.15, -0.1) is 24.8 Å². The predicted octanol–water partition coefficient (Wildman–Crippen LogP) is 1.91. The second-order valence-corrected chi connectivity index (χ2v) is 4.49. The average molecular weight is 334 g/mol. The predicted molar refractivity (Wildman–Crippen MR) is 84.5 cm³/mol. The molecule has 3 rings (SSSR count). The van der Waals surface area contributed by atoms with Crippen LogP contribution in [0.25, 0.3) is 11.1 Å². The fraction of sp³-hybridized carbons (Fsp3) is 0.385. The molecule has 1 aromatic heterocycles. The number of halogens is 2. The molecule has 1 aromatic carbocycles. The molecule has 1 saturated heterocycles. The number of anilines is 1. The quantitative estimate of drug-likeness (QED) is 0.877. The van der Waals surface area contributed by atoms with Gasteiger partial charge < -0.3 is 19.8 Å². The largest absolute Gasteiger partial charge is 0.441 e. The number of hydrogen-bond donors (Lipinski definition) is 2. The minimum Gasteiger partial charge on any atom is -0.441 e. The summed E-state index contributed by atoms with van der Waals surface area (Å²) in [6.45, 7) is 3.53. The Bertz CT molecular complexity index is 612. The molecule has 1 amide bonds. The van der Waals surface area contributed by atoms with E-state index in [2.05, 4.69) is 15.6 Å². The highest BCUT2D eigenvalue weighted by Gasteiger charge is 2.21. The highest BCUT2D eigenvalue weighted by molar-refractivity contribution is 5.96. The lowest BCUT2D eigenvalue weighted by molar-refractivity contribution is -0.120. The number of benzene rings is 1. The van der Waals surface area contributed by atoms with Crippen LogP contribution in [0.4, 0.5) is 5.69 Å². The van der Waals surface area contributed by atoms with Crippen LogP contribution in [0.3, 0.4) is 0 Å². The Morgan fingerprint density at radius 1 is 1.43 bits per heavy atom. The molecule has 2 heterocycles. The summed E-state index contributed by atoms with van der Waals surface area (Å²) in [5, 5.41) is 5.95. The van der Waals surface area contributed by atoms with Crippen LogP contribution < -0.4 is 10.6 Å². The number of nitrogens with zero attached hydrogens (tertiary/aromatic N) is 1. The molecule has 2 N–H and O–H groups in total. The van der Waals surface area contributed by atoms with Gasteiger partial charge in [-0.25, -0.2) is 4.98 Å². The van der Waals surface area contributed by atoms with Gasteiger partial charge in [0, 0.05) is 25.2 Å². The smallest absolute Gasteiger partial charge is 0.243 e. The topological polar surface area (TPSA) is 76.4 Å². The minimum absolute atomic E-state index is 0. The average Bonchev–Trinajstić information content (AvgIpc) is 2.79. The molecule has 0 radical (unpaired) electrons. The third kappa shape index (κ3) is 4.07. The van der Waals surface area contributed by atoms with Crippen molar-refractivity contribution >= 4 is 47.5 Å². The van der Waals surface area contributed by atoms with Crippen molar-refractivity contribution in [2.75, 3.05) is 25.1 Å². The molecule has 6 nitrogen and oxygen atoms in total. The number of morpholine rings is 1. The van der Waals surface area contributed by atoms with E-state index in [4.69, 9.17) is 9.15 Å². The van der Waals surface area contributed by atoms with Crippen molar-refractivity contribution in [2.45, 2.75) is 13.0 Å². The van der Waals surface area contributed by atoms with Gasteiger partial charge in [0.2, 0.25) is 5.91 Å². The molecule has 0 aliphatic carbocycles. The van der Waals surface area contributed by atoms with E-state index in [0.717, 1.165) is 5.52 Å². The highest BCUT2D eigenvalue weighted by atomic mass is 35.5. The molecule has 21 heavy (non-hydrogen) atoms. The van der Waals surface area contributed by atoms with Crippen LogP contribution in [0.1, 0.15) is 5.89 Å². The van der Waals surface area contributed by atoms with Gasteiger partial charge in [-0.1, -0.05) is 0 Å². The first-order valence-corrected chi connectivity index (χ1v) is 6.21. The standard InChI is InChI=1S/C13H15N3O3.2ClH/c1-8-15-10-3-2-9(6-12(10)19-8)16-13(17)11-7-18-5-4-14-11;;/h2-3,6,11,14H,4-5,7H2,1H3,(H,16,17);2*1H. The number of hydrogen-bond acceptors (Lipinski definition) is 5. The molecule has 1 aliphatic heterocycles. The third-order valence-corrected chi connectivity index (χ3v) is 3.00. The number of nitrogens with one attached hydrogen (secondary N) is 2. The van der Waals surface area contributed by atoms with E-state index in [-0.39, 0.29) is 36.8 Å². The zero-order chi connectivity index (χ0) is 13.2. The number of ether oxygens (including phenoxy) is 1. The summed E-state index contributed by atoms with van der Waals surface area (Å²) in [4.78, 5) is 16.2. The van der Waals surface area contributed by atoms with E-state index in [0.29, 0.717) is 36.9 Å². The molecule has 0 saturated carbocycles. The Labute approximate surface area is 134 Å². The summed E-state index contributed by atoms with van der Waals surface area (Å²) in [5.74, 6) is 0.510. The van der Waals surface area contributed by atoms with Crippen LogP contribution in [-0.4, -0.2) is 36.7 Å². The summed E-state index contributed by atoms with van der Waals surface area (Å²) in [5.41, 5.74) is 2.15. The van der Waals surface area contributed by atoms with Crippen molar-refractivity contribution in [3.63, 3.8) is 0 Å². The van der Waals surface area contributed by atoms with E-state index in [1.165, 1.54) is 0 Å². The van der Waals surface area contributed by atoms with Crippen LogP contribution in [-0.2, 0) is 9.53 Å². The van der Waals surface area contributed by atoms with Gasteiger partial charge in [-0.2, -0.15) is 0 Å². The van der Waals surface area contributed by atoms with Crippen LogP contribution >= 0.6 is 24.8 Å². The maximum atomic E-state index is 12.0. The number of aromatic nitrogens is 1. The number of oxazole rings is 1. The first-order valence-electron chi connectivity index (χ1n) is 6.21. The van der Waals surface area contributed by atoms with E-state index in [9.17, 15) is 4.79 Å². The second kappa shape index (κ2) is 7.61. The molecule has 1 aliphatic rings. The SMILES string of the molecule is Cc1nc2ccc(NC(=O)C3COCCN3)cc2o1.Cl.Cl. The molecular formula is C13H17Cl2N3O3. The van der Waals surface area contributed by atoms with Gasteiger partial charge in [0.05, 0.1) is 13.2 Å². The van der Waals surface area contributed by atoms with E-state index in [1.54, 1.807) is 13.0 Å². The van der Waals surface area contributed by atoms with E-state index < -0.39 is 0 Å². The van der Waals surface area contributed by atoms with Crippen LogP contribution in [0.2, 0.25) is 0 Å². The van der Waals surface area contributed by atoms with Crippen molar-refractivity contribution in [1.29, 1.82) is 0 Å². The monoisotopic (exact) mass is 333 g/mol.